The predicted molar refractivity (Wildman–Crippen MR) is 350 cm³/mol. The van der Waals surface area contributed by atoms with E-state index in [4.69, 9.17) is 14.2 Å². The van der Waals surface area contributed by atoms with Gasteiger partial charge in [0.25, 0.3) is 17.7 Å². The number of fused-ring (bicyclic) bond motifs is 9. The van der Waals surface area contributed by atoms with Gasteiger partial charge in [-0.05, 0) is 84.6 Å². The topological polar surface area (TPSA) is 271 Å². The number of aliphatic hydroxyl groups excluding tert-OH is 2. The van der Waals surface area contributed by atoms with Gasteiger partial charge < -0.3 is 53.8 Å². The molecule has 3 aromatic carbocycles. The summed E-state index contributed by atoms with van der Waals surface area (Å²) in [6, 6.07) is 29.0. The maximum absolute atomic E-state index is 13.6. The first-order chi connectivity index (χ1) is 45.0. The Balaban J connectivity index is 0.000000155. The van der Waals surface area contributed by atoms with Gasteiger partial charge in [0.05, 0.1) is 43.3 Å². The van der Waals surface area contributed by atoms with Crippen LogP contribution in [0.3, 0.4) is 0 Å². The molecule has 6 aliphatic rings. The predicted octanol–water partition coefficient (Wildman–Crippen LogP) is 5.94. The van der Waals surface area contributed by atoms with Crippen LogP contribution in [-0.2, 0) is 92.7 Å². The van der Waals surface area contributed by atoms with E-state index in [0.29, 0.717) is 113 Å². The van der Waals surface area contributed by atoms with Crippen LogP contribution < -0.4 is 17.1 Å². The summed E-state index contributed by atoms with van der Waals surface area (Å²) in [5.74, 6) is -1.26. The minimum absolute atomic E-state index is 0.126. The molecule has 9 heterocycles. The summed E-state index contributed by atoms with van der Waals surface area (Å²) in [7, 11) is 0. The molecule has 2 N–H and O–H groups in total. The molecule has 0 saturated heterocycles. The molecule has 6 aliphatic heterocycles. The Bertz CT molecular complexity index is 3880. The van der Waals surface area contributed by atoms with E-state index < -0.39 is 35.1 Å². The third-order valence-corrected chi connectivity index (χ3v) is 17.0. The number of amides is 6. The van der Waals surface area contributed by atoms with Crippen LogP contribution in [0.2, 0.25) is 0 Å². The van der Waals surface area contributed by atoms with Crippen molar-refractivity contribution in [1.29, 1.82) is 0 Å². The van der Waals surface area contributed by atoms with Gasteiger partial charge >= 0.3 is 35.3 Å². The molecule has 6 aromatic rings. The average Bonchev–Trinajstić information content (AvgIpc) is 1.62. The molecule has 26 heteroatoms. The molecule has 12 rings (SSSR count). The van der Waals surface area contributed by atoms with E-state index in [2.05, 4.69) is 6.58 Å². The highest BCUT2D eigenvalue weighted by Gasteiger charge is 2.41. The van der Waals surface area contributed by atoms with Gasteiger partial charge in [-0.2, -0.15) is 0 Å². The molecule has 508 valence electrons. The van der Waals surface area contributed by atoms with Crippen molar-refractivity contribution in [3.8, 4) is 0 Å². The molecule has 2 atom stereocenters. The van der Waals surface area contributed by atoms with Crippen molar-refractivity contribution in [3.63, 3.8) is 0 Å². The lowest BCUT2D eigenvalue weighted by Crippen LogP contribution is -2.44. The lowest BCUT2D eigenvalue weighted by Gasteiger charge is -2.31. The summed E-state index contributed by atoms with van der Waals surface area (Å²) in [5.41, 5.74) is 3.61. The number of imidazole rings is 3. The Morgan fingerprint density at radius 2 is 0.695 bits per heavy atom. The Kier molecular flexibility index (Phi) is 20.1. The first kappa shape index (κ1) is 68.4. The van der Waals surface area contributed by atoms with E-state index in [9.17, 15) is 53.4 Å². The quantitative estimate of drug-likeness (QED) is 0.132. The monoisotopic (exact) mass is 1310 g/mol. The fraction of sp³-hybridized carbons (Fsp3) is 0.493. The van der Waals surface area contributed by atoms with E-state index in [1.165, 1.54) is 23.5 Å². The van der Waals surface area contributed by atoms with Crippen LogP contribution in [0, 0.1) is 11.8 Å². The van der Waals surface area contributed by atoms with Gasteiger partial charge in [-0.3, -0.25) is 41.8 Å². The SMILES string of the molecule is C=C1CN(Cc2ccccc2)C(=O)c2c3n(c(=O)n2C1)CCN(C(=O)OC(C)(C)C)C3.CC(C)(C)OC(=O)N1CCn2c(c3n(c2=O)CC(CO)CN(Cc2ccccc2)C3=O)C1.CC(C)(C)OC(=O)N1CCn2c(c3n(c2=O)CC(CO)CN(Cc2ccccc2)C3=O)C1. The zero-order chi connectivity index (χ0) is 68.4. The van der Waals surface area contributed by atoms with Crippen molar-refractivity contribution in [2.24, 2.45) is 11.8 Å². The summed E-state index contributed by atoms with van der Waals surface area (Å²) in [6.07, 6.45) is -1.38. The van der Waals surface area contributed by atoms with E-state index >= 15 is 0 Å². The molecule has 2 unspecified atom stereocenters. The number of carbonyl (C=O) groups is 6. The number of aromatic nitrogens is 6. The van der Waals surface area contributed by atoms with E-state index in [1.807, 2.05) is 112 Å². The standard InChI is InChI=1S/2C23H30N4O5.C23H28N4O4/c2*1-23(2,3)32-22(31)24-9-10-26-18(14-24)19-20(29)25(11-16-7-5-4-6-8-16)12-17(15-28)13-27(19)21(26)30;1-16-12-25(14-17-8-6-5-7-9-17)20(28)19-18-15-24(22(30)31-23(2,3)4)10-11-26(18)21(29)27(19)13-16/h2*4-8,17,28H,9-15H2,1-3H3;5-9H,1,10-15H2,2-4H3. The zero-order valence-electron chi connectivity index (χ0n) is 55.8. The average molecular weight is 1310 g/mol. The molecule has 0 radical (unpaired) electrons. The fourth-order valence-electron chi connectivity index (χ4n) is 12.7. The van der Waals surface area contributed by atoms with Gasteiger partial charge in [0.15, 0.2) is 0 Å². The number of ether oxygens (including phenoxy) is 3. The number of nitrogens with zero attached hydrogens (tertiary/aromatic N) is 12. The van der Waals surface area contributed by atoms with Crippen LogP contribution in [0.1, 0.15) is 128 Å². The van der Waals surface area contributed by atoms with Crippen molar-refractivity contribution in [3.05, 3.63) is 185 Å². The maximum Gasteiger partial charge on any atom is 0.410 e. The summed E-state index contributed by atoms with van der Waals surface area (Å²) < 4.78 is 25.7. The highest BCUT2D eigenvalue weighted by atomic mass is 16.6. The van der Waals surface area contributed by atoms with Crippen LogP contribution in [0.15, 0.2) is 118 Å². The second-order valence-electron chi connectivity index (χ2n) is 28.0. The highest BCUT2D eigenvalue weighted by Crippen LogP contribution is 2.29. The zero-order valence-corrected chi connectivity index (χ0v) is 55.8. The molecular formula is C69H88N12O14. The second kappa shape index (κ2) is 27.9. The molecule has 0 saturated carbocycles. The van der Waals surface area contributed by atoms with Crippen molar-refractivity contribution < 1.29 is 53.2 Å². The van der Waals surface area contributed by atoms with Crippen LogP contribution in [0.25, 0.3) is 0 Å². The van der Waals surface area contributed by atoms with Crippen LogP contribution in [0.5, 0.6) is 0 Å². The van der Waals surface area contributed by atoms with Crippen LogP contribution in [-0.4, -0.2) is 172 Å². The lowest BCUT2D eigenvalue weighted by molar-refractivity contribution is 0.0187. The van der Waals surface area contributed by atoms with Gasteiger partial charge in [-0.15, -0.1) is 0 Å². The Hall–Kier alpha value is -9.43. The molecule has 0 bridgehead atoms. The molecule has 0 fully saturated rings. The van der Waals surface area contributed by atoms with Gasteiger partial charge in [-0.1, -0.05) is 97.6 Å². The summed E-state index contributed by atoms with van der Waals surface area (Å²) in [5, 5.41) is 19.8. The van der Waals surface area contributed by atoms with E-state index in [0.717, 1.165) is 22.3 Å². The summed E-state index contributed by atoms with van der Waals surface area (Å²) in [4.78, 5) is 128. The minimum atomic E-state index is -0.636. The van der Waals surface area contributed by atoms with Gasteiger partial charge in [0.2, 0.25) is 0 Å². The normalized spacial score (nSPS) is 18.1. The Labute approximate surface area is 551 Å². The number of carbonyl (C=O) groups excluding carboxylic acids is 6. The molecule has 0 aliphatic carbocycles. The third kappa shape index (κ3) is 15.5. The second-order valence-corrected chi connectivity index (χ2v) is 28.0. The van der Waals surface area contributed by atoms with Crippen LogP contribution >= 0.6 is 0 Å². The van der Waals surface area contributed by atoms with E-state index in [1.54, 1.807) is 74.8 Å². The number of aliphatic hydroxyl groups is 2. The van der Waals surface area contributed by atoms with Gasteiger partial charge in [-0.25, -0.2) is 28.8 Å². The first-order valence-electron chi connectivity index (χ1n) is 32.3. The van der Waals surface area contributed by atoms with Gasteiger partial charge in [0.1, 0.15) is 33.9 Å². The van der Waals surface area contributed by atoms with Crippen molar-refractivity contribution in [1.82, 2.24) is 56.8 Å². The summed E-state index contributed by atoms with van der Waals surface area (Å²) in [6.45, 7) is 25.5. The minimum Gasteiger partial charge on any atom is -0.444 e. The van der Waals surface area contributed by atoms with E-state index in [-0.39, 0.29) is 99.1 Å². The third-order valence-electron chi connectivity index (χ3n) is 17.0. The number of hydrogen-bond acceptors (Lipinski definition) is 14. The van der Waals surface area contributed by atoms with Crippen molar-refractivity contribution in [2.45, 2.75) is 158 Å². The molecule has 95 heavy (non-hydrogen) atoms. The number of hydrogen-bond donors (Lipinski definition) is 2. The number of benzene rings is 3. The smallest absolute Gasteiger partial charge is 0.410 e. The van der Waals surface area contributed by atoms with Gasteiger partial charge in [0, 0.05) is 117 Å². The lowest BCUT2D eigenvalue weighted by atomic mass is 10.1. The van der Waals surface area contributed by atoms with Crippen molar-refractivity contribution >= 4 is 36.0 Å². The molecule has 0 spiro atoms. The largest absolute Gasteiger partial charge is 0.444 e. The fourth-order valence-corrected chi connectivity index (χ4v) is 12.7. The Morgan fingerprint density at radius 3 is 1.01 bits per heavy atom. The molecule has 3 aromatic heterocycles. The Morgan fingerprint density at radius 1 is 0.400 bits per heavy atom. The van der Waals surface area contributed by atoms with Crippen molar-refractivity contribution in [2.75, 3.05) is 52.5 Å². The molecule has 6 amide bonds. The molecule has 26 nitrogen and oxygen atoms in total. The maximum atomic E-state index is 13.6. The molecular weight excluding hydrogens is 1220 g/mol. The first-order valence-corrected chi connectivity index (χ1v) is 32.3. The summed E-state index contributed by atoms with van der Waals surface area (Å²) >= 11 is 0. The number of rotatable bonds is 8. The highest BCUT2D eigenvalue weighted by molar-refractivity contribution is 5.96. The van der Waals surface area contributed by atoms with Crippen LogP contribution in [0.4, 0.5) is 14.4 Å².